The Kier molecular flexibility index (Phi) is 4.79. The van der Waals surface area contributed by atoms with Gasteiger partial charge in [-0.1, -0.05) is 35.1 Å². The molecule has 3 aromatic rings. The van der Waals surface area contributed by atoms with Crippen molar-refractivity contribution in [3.63, 3.8) is 0 Å². The third kappa shape index (κ3) is 3.40. The smallest absolute Gasteiger partial charge is 0.230 e. The first-order valence-corrected chi connectivity index (χ1v) is 9.97. The fraction of sp³-hybridized carbons (Fsp3) is 0.389. The number of aromatic nitrogens is 3. The second-order valence-electron chi connectivity index (χ2n) is 6.81. The van der Waals surface area contributed by atoms with Gasteiger partial charge in [0.15, 0.2) is 0 Å². The van der Waals surface area contributed by atoms with E-state index in [1.165, 1.54) is 15.9 Å². The van der Waals surface area contributed by atoms with E-state index in [9.17, 15) is 9.90 Å². The Balaban J connectivity index is 1.74. The Morgan fingerprint density at radius 2 is 2.00 bits per heavy atom. The van der Waals surface area contributed by atoms with Crippen molar-refractivity contribution in [2.75, 3.05) is 13.1 Å². The van der Waals surface area contributed by atoms with Crippen LogP contribution in [0.2, 0.25) is 5.02 Å². The molecule has 1 aliphatic heterocycles. The van der Waals surface area contributed by atoms with Crippen LogP contribution in [-0.2, 0) is 4.79 Å². The Morgan fingerprint density at radius 1 is 1.33 bits per heavy atom. The number of hydrogen-bond donors (Lipinski definition) is 2. The lowest BCUT2D eigenvalue weighted by Crippen LogP contribution is -2.40. The molecule has 4 rings (SSSR count). The number of amides is 1. The summed E-state index contributed by atoms with van der Waals surface area (Å²) in [5.41, 5.74) is 6.49. The predicted molar refractivity (Wildman–Crippen MR) is 104 cm³/mol. The number of rotatable bonds is 4. The van der Waals surface area contributed by atoms with Crippen LogP contribution in [0.1, 0.15) is 35.1 Å². The van der Waals surface area contributed by atoms with Crippen molar-refractivity contribution < 1.29 is 9.90 Å². The summed E-state index contributed by atoms with van der Waals surface area (Å²) in [4.78, 5) is 19.6. The average Bonchev–Trinajstić information content (AvgIpc) is 3.15. The number of likely N-dealkylation sites (tertiary alicyclic amines) is 1. The number of nitrogens with two attached hydrogens (primary N) is 1. The maximum absolute atomic E-state index is 11.5. The minimum Gasteiger partial charge on any atom is -0.492 e. The largest absolute Gasteiger partial charge is 0.492 e. The van der Waals surface area contributed by atoms with Gasteiger partial charge in [0, 0.05) is 10.9 Å². The van der Waals surface area contributed by atoms with E-state index in [2.05, 4.69) is 15.0 Å². The molecule has 0 bridgehead atoms. The van der Waals surface area contributed by atoms with Gasteiger partial charge >= 0.3 is 0 Å². The number of thiazole rings is 1. The minimum atomic E-state index is -0.241. The lowest BCUT2D eigenvalue weighted by atomic mass is 9.93. The van der Waals surface area contributed by atoms with Crippen LogP contribution < -0.4 is 5.73 Å². The molecule has 0 saturated carbocycles. The lowest BCUT2D eigenvalue weighted by molar-refractivity contribution is -0.123. The molecule has 1 saturated heterocycles. The van der Waals surface area contributed by atoms with Crippen molar-refractivity contribution in [2.24, 2.45) is 11.7 Å². The molecule has 1 fully saturated rings. The molecular weight excluding hydrogens is 386 g/mol. The molecule has 7 nitrogen and oxygen atoms in total. The number of piperidine rings is 1. The number of aryl methyl sites for hydroxylation is 1. The summed E-state index contributed by atoms with van der Waals surface area (Å²) < 4.78 is 1.48. The summed E-state index contributed by atoms with van der Waals surface area (Å²) >= 11 is 7.49. The van der Waals surface area contributed by atoms with Gasteiger partial charge in [-0.15, -0.1) is 5.10 Å². The van der Waals surface area contributed by atoms with Crippen LogP contribution in [-0.4, -0.2) is 43.6 Å². The van der Waals surface area contributed by atoms with Crippen molar-refractivity contribution in [1.82, 2.24) is 19.5 Å². The summed E-state index contributed by atoms with van der Waals surface area (Å²) in [5, 5.41) is 15.7. The molecule has 142 valence electrons. The molecule has 0 radical (unpaired) electrons. The number of halogens is 1. The molecule has 0 aliphatic carbocycles. The molecule has 1 aromatic carbocycles. The van der Waals surface area contributed by atoms with E-state index >= 15 is 0 Å². The van der Waals surface area contributed by atoms with Crippen molar-refractivity contribution >= 4 is 33.8 Å². The zero-order chi connectivity index (χ0) is 19.1. The monoisotopic (exact) mass is 405 g/mol. The molecule has 27 heavy (non-hydrogen) atoms. The maximum atomic E-state index is 11.5. The first-order chi connectivity index (χ1) is 12.9. The van der Waals surface area contributed by atoms with Gasteiger partial charge in [0.05, 0.1) is 10.9 Å². The lowest BCUT2D eigenvalue weighted by Gasteiger charge is -2.36. The zero-order valence-corrected chi connectivity index (χ0v) is 16.4. The summed E-state index contributed by atoms with van der Waals surface area (Å²) in [6.45, 7) is 3.23. The summed E-state index contributed by atoms with van der Waals surface area (Å²) in [6.07, 6.45) is 1.42. The number of hydrogen-bond acceptors (Lipinski definition) is 6. The Hall–Kier alpha value is -2.16. The molecule has 1 amide bonds. The van der Waals surface area contributed by atoms with E-state index < -0.39 is 0 Å². The van der Waals surface area contributed by atoms with Gasteiger partial charge in [-0.05, 0) is 50.6 Å². The Bertz CT molecular complexity index is 976. The highest BCUT2D eigenvalue weighted by molar-refractivity contribution is 7.17. The number of carbonyl (C=O) groups excluding carboxylic acids is 1. The van der Waals surface area contributed by atoms with E-state index in [1.807, 2.05) is 24.3 Å². The summed E-state index contributed by atoms with van der Waals surface area (Å²) in [6, 6.07) is 7.46. The number of benzene rings is 1. The van der Waals surface area contributed by atoms with Crippen molar-refractivity contribution in [3.8, 4) is 5.88 Å². The van der Waals surface area contributed by atoms with Gasteiger partial charge in [-0.3, -0.25) is 9.69 Å². The SMILES string of the molecule is Cc1nc2sc([C@H](c3ccc(Cl)cc3)N3CCC(C(N)=O)CC3)c(O)n2n1. The fourth-order valence-electron chi connectivity index (χ4n) is 3.64. The van der Waals surface area contributed by atoms with Crippen LogP contribution in [0.25, 0.3) is 4.96 Å². The molecule has 0 spiro atoms. The second kappa shape index (κ2) is 7.10. The van der Waals surface area contributed by atoms with Crippen LogP contribution >= 0.6 is 22.9 Å². The van der Waals surface area contributed by atoms with Gasteiger partial charge in [-0.2, -0.15) is 4.52 Å². The number of aromatic hydroxyl groups is 1. The summed E-state index contributed by atoms with van der Waals surface area (Å²) in [5.74, 6) is 0.390. The van der Waals surface area contributed by atoms with Gasteiger partial charge in [-0.25, -0.2) is 4.98 Å². The van der Waals surface area contributed by atoms with Crippen LogP contribution in [0.3, 0.4) is 0 Å². The van der Waals surface area contributed by atoms with Gasteiger partial charge in [0.25, 0.3) is 0 Å². The van der Waals surface area contributed by atoms with Crippen molar-refractivity contribution in [3.05, 3.63) is 45.6 Å². The standard InChI is InChI=1S/C18H20ClN5O2S/c1-10-21-18-24(22-10)17(26)15(27-18)14(11-2-4-13(19)5-3-11)23-8-6-12(7-9-23)16(20)25/h2-5,12,14,26H,6-9H2,1H3,(H2,20,25)/t14-/m0/s1. The van der Waals surface area contributed by atoms with Gasteiger partial charge in [0.1, 0.15) is 5.82 Å². The molecule has 2 aromatic heterocycles. The highest BCUT2D eigenvalue weighted by atomic mass is 35.5. The molecular formula is C18H20ClN5O2S. The normalized spacial score (nSPS) is 17.4. The Labute approximate surface area is 165 Å². The Morgan fingerprint density at radius 3 is 2.59 bits per heavy atom. The van der Waals surface area contributed by atoms with Crippen LogP contribution in [0.4, 0.5) is 0 Å². The summed E-state index contributed by atoms with van der Waals surface area (Å²) in [7, 11) is 0. The van der Waals surface area contributed by atoms with Crippen LogP contribution in [0, 0.1) is 12.8 Å². The van der Waals surface area contributed by atoms with Crippen LogP contribution in [0.5, 0.6) is 5.88 Å². The first kappa shape index (κ1) is 18.2. The highest BCUT2D eigenvalue weighted by Gasteiger charge is 2.33. The van der Waals surface area contributed by atoms with Gasteiger partial charge in [0.2, 0.25) is 16.7 Å². The minimum absolute atomic E-state index is 0.0920. The van der Waals surface area contributed by atoms with E-state index in [-0.39, 0.29) is 23.7 Å². The molecule has 3 heterocycles. The molecule has 3 N–H and O–H groups in total. The number of fused-ring (bicyclic) bond motifs is 1. The van der Waals surface area contributed by atoms with Crippen LogP contribution in [0.15, 0.2) is 24.3 Å². The van der Waals surface area contributed by atoms with Gasteiger partial charge < -0.3 is 10.8 Å². The quantitative estimate of drug-likeness (QED) is 0.695. The topological polar surface area (TPSA) is 96.8 Å². The predicted octanol–water partition coefficient (Wildman–Crippen LogP) is 2.74. The zero-order valence-electron chi connectivity index (χ0n) is 14.8. The third-order valence-corrected chi connectivity index (χ3v) is 6.36. The number of carbonyl (C=O) groups is 1. The molecule has 1 atom stereocenters. The van der Waals surface area contributed by atoms with E-state index in [1.54, 1.807) is 6.92 Å². The highest BCUT2D eigenvalue weighted by Crippen LogP contribution is 2.41. The number of nitrogens with zero attached hydrogens (tertiary/aromatic N) is 4. The fourth-order valence-corrected chi connectivity index (χ4v) is 4.93. The maximum Gasteiger partial charge on any atom is 0.230 e. The van der Waals surface area contributed by atoms with Crippen molar-refractivity contribution in [1.29, 1.82) is 0 Å². The molecule has 0 unspecified atom stereocenters. The van der Waals surface area contributed by atoms with E-state index in [0.29, 0.717) is 41.7 Å². The van der Waals surface area contributed by atoms with E-state index in [0.717, 1.165) is 10.4 Å². The van der Waals surface area contributed by atoms with Crippen molar-refractivity contribution in [2.45, 2.75) is 25.8 Å². The third-order valence-electron chi connectivity index (χ3n) is 5.04. The molecule has 9 heteroatoms. The first-order valence-electron chi connectivity index (χ1n) is 8.78. The second-order valence-corrected chi connectivity index (χ2v) is 8.26. The number of primary amides is 1. The van der Waals surface area contributed by atoms with E-state index in [4.69, 9.17) is 17.3 Å². The average molecular weight is 406 g/mol. The molecule has 1 aliphatic rings.